The molecular weight excluding hydrogens is 232 g/mol. The quantitative estimate of drug-likeness (QED) is 0.835. The zero-order chi connectivity index (χ0) is 13.9. The van der Waals surface area contributed by atoms with E-state index in [9.17, 15) is 0 Å². The Morgan fingerprint density at radius 2 is 1.74 bits per heavy atom. The lowest BCUT2D eigenvalue weighted by atomic mass is 9.78. The Bertz CT molecular complexity index is 266. The van der Waals surface area contributed by atoms with Crippen LogP contribution in [-0.2, 0) is 0 Å². The molecule has 1 aliphatic carbocycles. The molecule has 0 bridgehead atoms. The molecule has 2 heteroatoms. The van der Waals surface area contributed by atoms with Crippen LogP contribution in [0.3, 0.4) is 0 Å². The first kappa shape index (κ1) is 15.3. The number of nitrogens with zero attached hydrogens (tertiary/aromatic N) is 1. The molecule has 1 spiro atoms. The van der Waals surface area contributed by atoms with Crippen molar-refractivity contribution in [3.8, 4) is 0 Å². The summed E-state index contributed by atoms with van der Waals surface area (Å²) in [5.41, 5.74) is 0.459. The lowest BCUT2D eigenvalue weighted by molar-refractivity contribution is 0.0392. The van der Waals surface area contributed by atoms with Crippen LogP contribution < -0.4 is 5.32 Å². The van der Waals surface area contributed by atoms with Crippen LogP contribution >= 0.6 is 0 Å². The van der Waals surface area contributed by atoms with E-state index < -0.39 is 0 Å². The van der Waals surface area contributed by atoms with Crippen molar-refractivity contribution >= 4 is 0 Å². The van der Waals surface area contributed by atoms with E-state index in [0.717, 1.165) is 17.9 Å². The third-order valence-corrected chi connectivity index (χ3v) is 4.89. The molecule has 1 heterocycles. The van der Waals surface area contributed by atoms with Crippen molar-refractivity contribution in [3.05, 3.63) is 0 Å². The predicted octanol–water partition coefficient (Wildman–Crippen LogP) is 3.67. The van der Waals surface area contributed by atoms with Gasteiger partial charge in [-0.15, -0.1) is 0 Å². The first-order chi connectivity index (χ1) is 9.01. The molecule has 0 aromatic rings. The molecule has 19 heavy (non-hydrogen) atoms. The normalized spacial score (nSPS) is 28.4. The molecular formula is C17H34N2. The maximum atomic E-state index is 3.95. The first-order valence-corrected chi connectivity index (χ1v) is 8.50. The average Bonchev–Trinajstić information content (AvgIpc) is 2.33. The molecule has 1 atom stereocenters. The van der Waals surface area contributed by atoms with E-state index >= 15 is 0 Å². The Kier molecular flexibility index (Phi) is 5.30. The number of hydrogen-bond donors (Lipinski definition) is 1. The molecule has 2 aliphatic rings. The summed E-state index contributed by atoms with van der Waals surface area (Å²) in [7, 11) is 0. The lowest BCUT2D eigenvalue weighted by Gasteiger charge is -2.50. The summed E-state index contributed by atoms with van der Waals surface area (Å²) in [6.07, 6.45) is 8.44. The molecule has 0 radical (unpaired) electrons. The molecule has 112 valence electrons. The summed E-state index contributed by atoms with van der Waals surface area (Å²) >= 11 is 0. The van der Waals surface area contributed by atoms with E-state index in [-0.39, 0.29) is 0 Å². The van der Waals surface area contributed by atoms with E-state index in [1.807, 2.05) is 0 Å². The molecule has 0 aromatic carbocycles. The van der Waals surface area contributed by atoms with Crippen LogP contribution in [0.15, 0.2) is 0 Å². The minimum absolute atomic E-state index is 0.459. The van der Waals surface area contributed by atoms with Gasteiger partial charge in [0.05, 0.1) is 0 Å². The van der Waals surface area contributed by atoms with Crippen LogP contribution in [0.2, 0.25) is 0 Å². The highest BCUT2D eigenvalue weighted by Gasteiger charge is 2.39. The van der Waals surface area contributed by atoms with Gasteiger partial charge >= 0.3 is 0 Å². The van der Waals surface area contributed by atoms with Crippen molar-refractivity contribution in [1.29, 1.82) is 0 Å². The van der Waals surface area contributed by atoms with Gasteiger partial charge < -0.3 is 5.32 Å². The fraction of sp³-hybridized carbons (Fsp3) is 1.00. The Hall–Kier alpha value is -0.0800. The van der Waals surface area contributed by atoms with Crippen molar-refractivity contribution < 1.29 is 0 Å². The smallest absolute Gasteiger partial charge is 0.0309 e. The van der Waals surface area contributed by atoms with Crippen LogP contribution in [-0.4, -0.2) is 36.1 Å². The SMILES string of the molecule is CC(C)CC1CNC2(CCCCC2)CN1CC(C)C. The summed E-state index contributed by atoms with van der Waals surface area (Å²) in [6.45, 7) is 13.2. The van der Waals surface area contributed by atoms with Gasteiger partial charge in [-0.05, 0) is 31.1 Å². The first-order valence-electron chi connectivity index (χ1n) is 8.50. The predicted molar refractivity (Wildman–Crippen MR) is 83.5 cm³/mol. The van der Waals surface area contributed by atoms with Crippen LogP contribution in [0.1, 0.15) is 66.2 Å². The molecule has 2 nitrogen and oxygen atoms in total. The zero-order valence-corrected chi connectivity index (χ0v) is 13.5. The Labute approximate surface area is 120 Å². The lowest BCUT2D eigenvalue weighted by Crippen LogP contribution is -2.65. The van der Waals surface area contributed by atoms with Gasteiger partial charge in [0.2, 0.25) is 0 Å². The van der Waals surface area contributed by atoms with E-state index in [2.05, 4.69) is 37.9 Å². The molecule has 1 unspecified atom stereocenters. The highest BCUT2D eigenvalue weighted by atomic mass is 15.3. The minimum Gasteiger partial charge on any atom is -0.308 e. The second kappa shape index (κ2) is 6.58. The largest absolute Gasteiger partial charge is 0.308 e. The van der Waals surface area contributed by atoms with Gasteiger partial charge in [-0.1, -0.05) is 47.0 Å². The van der Waals surface area contributed by atoms with Crippen molar-refractivity contribution in [1.82, 2.24) is 10.2 Å². The van der Waals surface area contributed by atoms with E-state index in [1.54, 1.807) is 0 Å². The average molecular weight is 266 g/mol. The number of rotatable bonds is 4. The second-order valence-corrected chi connectivity index (χ2v) is 7.83. The summed E-state index contributed by atoms with van der Waals surface area (Å²) in [5, 5.41) is 3.95. The maximum Gasteiger partial charge on any atom is 0.0309 e. The Morgan fingerprint density at radius 3 is 2.32 bits per heavy atom. The Balaban J connectivity index is 2.00. The van der Waals surface area contributed by atoms with Gasteiger partial charge in [0.1, 0.15) is 0 Å². The number of piperazine rings is 1. The van der Waals surface area contributed by atoms with Crippen LogP contribution in [0.25, 0.3) is 0 Å². The van der Waals surface area contributed by atoms with Crippen molar-refractivity contribution in [2.75, 3.05) is 19.6 Å². The standard InChI is InChI=1S/C17H34N2/c1-14(2)10-16-11-18-17(8-6-5-7-9-17)13-19(16)12-15(3)4/h14-16,18H,5-13H2,1-4H3. The second-order valence-electron chi connectivity index (χ2n) is 7.83. The Morgan fingerprint density at radius 1 is 1.05 bits per heavy atom. The molecule has 2 rings (SSSR count). The number of nitrogens with one attached hydrogen (secondary N) is 1. The summed E-state index contributed by atoms with van der Waals surface area (Å²) in [5.74, 6) is 1.59. The fourth-order valence-electron chi connectivity index (χ4n) is 4.06. The molecule has 1 saturated carbocycles. The molecule has 0 aromatic heterocycles. The van der Waals surface area contributed by atoms with Gasteiger partial charge in [-0.2, -0.15) is 0 Å². The monoisotopic (exact) mass is 266 g/mol. The zero-order valence-electron chi connectivity index (χ0n) is 13.5. The minimum atomic E-state index is 0.459. The number of hydrogen-bond acceptors (Lipinski definition) is 2. The third kappa shape index (κ3) is 4.19. The van der Waals surface area contributed by atoms with Crippen molar-refractivity contribution in [2.24, 2.45) is 11.8 Å². The van der Waals surface area contributed by atoms with E-state index in [0.29, 0.717) is 5.54 Å². The maximum absolute atomic E-state index is 3.95. The fourth-order valence-corrected chi connectivity index (χ4v) is 4.06. The third-order valence-electron chi connectivity index (χ3n) is 4.89. The van der Waals surface area contributed by atoms with Crippen LogP contribution in [0, 0.1) is 11.8 Å². The van der Waals surface area contributed by atoms with Gasteiger partial charge in [0.15, 0.2) is 0 Å². The highest BCUT2D eigenvalue weighted by Crippen LogP contribution is 2.33. The van der Waals surface area contributed by atoms with E-state index in [4.69, 9.17) is 0 Å². The van der Waals surface area contributed by atoms with Gasteiger partial charge in [0, 0.05) is 31.2 Å². The highest BCUT2D eigenvalue weighted by molar-refractivity contribution is 4.99. The summed E-state index contributed by atoms with van der Waals surface area (Å²) < 4.78 is 0. The van der Waals surface area contributed by atoms with E-state index in [1.165, 1.54) is 58.2 Å². The van der Waals surface area contributed by atoms with Crippen LogP contribution in [0.4, 0.5) is 0 Å². The topological polar surface area (TPSA) is 15.3 Å². The summed E-state index contributed by atoms with van der Waals surface area (Å²) in [4.78, 5) is 2.81. The van der Waals surface area contributed by atoms with Gasteiger partial charge in [0.25, 0.3) is 0 Å². The van der Waals surface area contributed by atoms with Crippen LogP contribution in [0.5, 0.6) is 0 Å². The van der Waals surface area contributed by atoms with Gasteiger partial charge in [-0.3, -0.25) is 4.90 Å². The molecule has 1 saturated heterocycles. The molecule has 0 amide bonds. The van der Waals surface area contributed by atoms with Gasteiger partial charge in [-0.25, -0.2) is 0 Å². The van der Waals surface area contributed by atoms with Crippen molar-refractivity contribution in [3.63, 3.8) is 0 Å². The molecule has 2 fully saturated rings. The molecule has 1 aliphatic heterocycles. The molecule has 1 N–H and O–H groups in total. The summed E-state index contributed by atoms with van der Waals surface area (Å²) in [6, 6.07) is 0.759. The van der Waals surface area contributed by atoms with Crippen molar-refractivity contribution in [2.45, 2.75) is 77.8 Å².